The molecule has 0 saturated carbocycles. The molecule has 1 aliphatic heterocycles. The number of benzene rings is 1. The molecule has 4 rings (SSSR count). The predicted octanol–water partition coefficient (Wildman–Crippen LogP) is 3.48. The van der Waals surface area contributed by atoms with E-state index >= 15 is 0 Å². The first-order valence-electron chi connectivity index (χ1n) is 8.68. The Morgan fingerprint density at radius 2 is 2.07 bits per heavy atom. The Kier molecular flexibility index (Phi) is 5.15. The van der Waals surface area contributed by atoms with E-state index in [9.17, 15) is 9.59 Å². The van der Waals surface area contributed by atoms with Gasteiger partial charge in [0.1, 0.15) is 0 Å². The Morgan fingerprint density at radius 3 is 2.82 bits per heavy atom. The van der Waals surface area contributed by atoms with E-state index in [1.165, 1.54) is 11.8 Å². The molecule has 142 valence electrons. The quantitative estimate of drug-likeness (QED) is 0.491. The van der Waals surface area contributed by atoms with E-state index in [0.29, 0.717) is 28.0 Å². The summed E-state index contributed by atoms with van der Waals surface area (Å²) in [6, 6.07) is 7.08. The summed E-state index contributed by atoms with van der Waals surface area (Å²) in [5.41, 5.74) is 2.80. The molecule has 0 saturated heterocycles. The number of aromatic nitrogens is 4. The minimum absolute atomic E-state index is 0.0928. The van der Waals surface area contributed by atoms with E-state index < -0.39 is 0 Å². The first-order chi connectivity index (χ1) is 13.6. The number of halogens is 1. The second-order valence-corrected chi connectivity index (χ2v) is 7.56. The molecule has 1 N–H and O–H groups in total. The third kappa shape index (κ3) is 3.53. The summed E-state index contributed by atoms with van der Waals surface area (Å²) in [4.78, 5) is 28.3. The molecule has 1 aliphatic rings. The standard InChI is InChI=1S/C19H16ClN5O2S/c1-2-25-18(11-3-5-21-6-4-11)23-24-19(25)28-10-16(26)13-7-12-8-17(27)22-15(12)9-14(13)20/h3-7,9H,2,8,10H2,1H3,(H,22,27). The van der Waals surface area contributed by atoms with Crippen molar-refractivity contribution < 1.29 is 9.59 Å². The number of Topliss-reactive ketones (excluding diaryl/α,β-unsaturated/α-hetero) is 1. The lowest BCUT2D eigenvalue weighted by atomic mass is 10.1. The molecule has 0 atom stereocenters. The van der Waals surface area contributed by atoms with Crippen molar-refractivity contribution in [1.82, 2.24) is 19.7 Å². The lowest BCUT2D eigenvalue weighted by molar-refractivity contribution is -0.115. The van der Waals surface area contributed by atoms with Crippen LogP contribution in [0.25, 0.3) is 11.4 Å². The Balaban J connectivity index is 1.53. The van der Waals surface area contributed by atoms with Crippen molar-refractivity contribution in [1.29, 1.82) is 0 Å². The first-order valence-corrected chi connectivity index (χ1v) is 10.0. The molecule has 1 aromatic carbocycles. The van der Waals surface area contributed by atoms with Crippen LogP contribution >= 0.6 is 23.4 Å². The van der Waals surface area contributed by atoms with Crippen LogP contribution in [0.1, 0.15) is 22.8 Å². The third-order valence-electron chi connectivity index (χ3n) is 4.42. The van der Waals surface area contributed by atoms with E-state index in [1.807, 2.05) is 23.6 Å². The predicted molar refractivity (Wildman–Crippen MR) is 108 cm³/mol. The van der Waals surface area contributed by atoms with Crippen LogP contribution in [0, 0.1) is 0 Å². The van der Waals surface area contributed by atoms with E-state index in [-0.39, 0.29) is 23.9 Å². The van der Waals surface area contributed by atoms with Crippen LogP contribution < -0.4 is 5.32 Å². The van der Waals surface area contributed by atoms with Gasteiger partial charge in [-0.05, 0) is 36.8 Å². The molecular weight excluding hydrogens is 398 g/mol. The van der Waals surface area contributed by atoms with Crippen molar-refractivity contribution in [2.45, 2.75) is 25.0 Å². The molecule has 28 heavy (non-hydrogen) atoms. The van der Waals surface area contributed by atoms with Gasteiger partial charge in [0.25, 0.3) is 0 Å². The maximum atomic E-state index is 12.7. The van der Waals surface area contributed by atoms with Crippen LogP contribution in [0.2, 0.25) is 5.02 Å². The summed E-state index contributed by atoms with van der Waals surface area (Å²) in [6.07, 6.45) is 3.67. The summed E-state index contributed by atoms with van der Waals surface area (Å²) < 4.78 is 1.96. The molecule has 0 unspecified atom stereocenters. The van der Waals surface area contributed by atoms with Gasteiger partial charge in [0, 0.05) is 35.8 Å². The van der Waals surface area contributed by atoms with Crippen LogP contribution in [-0.4, -0.2) is 37.2 Å². The minimum atomic E-state index is -0.117. The summed E-state index contributed by atoms with van der Waals surface area (Å²) in [5.74, 6) is 0.701. The molecular formula is C19H16ClN5O2S. The number of anilines is 1. The van der Waals surface area contributed by atoms with Crippen molar-refractivity contribution in [3.63, 3.8) is 0 Å². The smallest absolute Gasteiger partial charge is 0.228 e. The van der Waals surface area contributed by atoms with Crippen LogP contribution in [0.15, 0.2) is 41.8 Å². The lowest BCUT2D eigenvalue weighted by Crippen LogP contribution is -2.06. The maximum absolute atomic E-state index is 12.7. The largest absolute Gasteiger partial charge is 0.325 e. The highest BCUT2D eigenvalue weighted by atomic mass is 35.5. The molecule has 9 heteroatoms. The van der Waals surface area contributed by atoms with Crippen LogP contribution in [0.5, 0.6) is 0 Å². The Hall–Kier alpha value is -2.71. The zero-order chi connectivity index (χ0) is 19.7. The topological polar surface area (TPSA) is 89.8 Å². The molecule has 1 amide bonds. The number of fused-ring (bicyclic) bond motifs is 1. The molecule has 3 heterocycles. The highest BCUT2D eigenvalue weighted by molar-refractivity contribution is 7.99. The zero-order valence-corrected chi connectivity index (χ0v) is 16.5. The summed E-state index contributed by atoms with van der Waals surface area (Å²) in [7, 11) is 0. The van der Waals surface area contributed by atoms with Gasteiger partial charge in [-0.3, -0.25) is 14.6 Å². The summed E-state index contributed by atoms with van der Waals surface area (Å²) in [6.45, 7) is 2.68. The highest BCUT2D eigenvalue weighted by Crippen LogP contribution is 2.31. The Bertz CT molecular complexity index is 1070. The normalized spacial score (nSPS) is 12.7. The number of pyridine rings is 1. The third-order valence-corrected chi connectivity index (χ3v) is 5.70. The van der Waals surface area contributed by atoms with Gasteiger partial charge in [0.15, 0.2) is 16.8 Å². The van der Waals surface area contributed by atoms with Gasteiger partial charge in [0.2, 0.25) is 5.91 Å². The van der Waals surface area contributed by atoms with Gasteiger partial charge in [-0.15, -0.1) is 10.2 Å². The molecule has 0 fully saturated rings. The summed E-state index contributed by atoms with van der Waals surface area (Å²) >= 11 is 7.57. The molecule has 3 aromatic rings. The molecule has 2 aromatic heterocycles. The van der Waals surface area contributed by atoms with Crippen molar-refractivity contribution in [2.75, 3.05) is 11.1 Å². The highest BCUT2D eigenvalue weighted by Gasteiger charge is 2.22. The Morgan fingerprint density at radius 1 is 1.29 bits per heavy atom. The fraction of sp³-hybridized carbons (Fsp3) is 0.211. The monoisotopic (exact) mass is 413 g/mol. The number of ketones is 1. The fourth-order valence-electron chi connectivity index (χ4n) is 3.06. The number of rotatable bonds is 6. The average Bonchev–Trinajstić information content (AvgIpc) is 3.27. The molecule has 0 aliphatic carbocycles. The van der Waals surface area contributed by atoms with Gasteiger partial charge in [-0.1, -0.05) is 23.4 Å². The first kappa shape index (κ1) is 18.6. The number of amides is 1. The molecule has 0 spiro atoms. The van der Waals surface area contributed by atoms with Crippen LogP contribution in [0.4, 0.5) is 5.69 Å². The average molecular weight is 414 g/mol. The van der Waals surface area contributed by atoms with Crippen molar-refractivity contribution in [2.24, 2.45) is 0 Å². The number of nitrogens with one attached hydrogen (secondary N) is 1. The van der Waals surface area contributed by atoms with E-state index in [1.54, 1.807) is 24.5 Å². The van der Waals surface area contributed by atoms with E-state index in [0.717, 1.165) is 17.0 Å². The summed E-state index contributed by atoms with van der Waals surface area (Å²) in [5, 5.41) is 12.2. The SMILES string of the molecule is CCn1c(SCC(=O)c2cc3c(cc2Cl)NC(=O)C3)nnc1-c1ccncc1. The maximum Gasteiger partial charge on any atom is 0.228 e. The Labute approximate surface area is 170 Å². The molecule has 0 radical (unpaired) electrons. The molecule has 0 bridgehead atoms. The second kappa shape index (κ2) is 7.73. The van der Waals surface area contributed by atoms with Gasteiger partial charge in [-0.2, -0.15) is 0 Å². The number of carbonyl (C=O) groups is 2. The fourth-order valence-corrected chi connectivity index (χ4v) is 4.22. The lowest BCUT2D eigenvalue weighted by Gasteiger charge is -2.08. The number of carbonyl (C=O) groups excluding carboxylic acids is 2. The van der Waals surface area contributed by atoms with Crippen LogP contribution in [-0.2, 0) is 17.8 Å². The van der Waals surface area contributed by atoms with Gasteiger partial charge in [0.05, 0.1) is 17.2 Å². The van der Waals surface area contributed by atoms with Gasteiger partial charge in [-0.25, -0.2) is 0 Å². The number of thioether (sulfide) groups is 1. The van der Waals surface area contributed by atoms with E-state index in [4.69, 9.17) is 11.6 Å². The molecule has 7 nitrogen and oxygen atoms in total. The number of hydrogen-bond donors (Lipinski definition) is 1. The number of hydrogen-bond acceptors (Lipinski definition) is 6. The van der Waals surface area contributed by atoms with Gasteiger partial charge < -0.3 is 9.88 Å². The van der Waals surface area contributed by atoms with Crippen molar-refractivity contribution in [3.8, 4) is 11.4 Å². The van der Waals surface area contributed by atoms with E-state index in [2.05, 4.69) is 20.5 Å². The minimum Gasteiger partial charge on any atom is -0.325 e. The van der Waals surface area contributed by atoms with Crippen LogP contribution in [0.3, 0.4) is 0 Å². The second-order valence-electron chi connectivity index (χ2n) is 6.21. The van der Waals surface area contributed by atoms with Crippen molar-refractivity contribution >= 4 is 40.7 Å². The zero-order valence-electron chi connectivity index (χ0n) is 15.0. The number of nitrogens with zero attached hydrogens (tertiary/aromatic N) is 4. The van der Waals surface area contributed by atoms with Gasteiger partial charge >= 0.3 is 0 Å². The van der Waals surface area contributed by atoms with Crippen molar-refractivity contribution in [3.05, 3.63) is 52.8 Å².